The molecule has 162 valence electrons. The molecule has 0 radical (unpaired) electrons. The van der Waals surface area contributed by atoms with Crippen LogP contribution in [-0.2, 0) is 17.8 Å². The fourth-order valence-electron chi connectivity index (χ4n) is 3.38. The van der Waals surface area contributed by atoms with Gasteiger partial charge in [-0.25, -0.2) is 4.99 Å². The van der Waals surface area contributed by atoms with Crippen molar-refractivity contribution in [3.8, 4) is 5.75 Å². The highest BCUT2D eigenvalue weighted by molar-refractivity contribution is 5.79. The Hall–Kier alpha value is -2.57. The van der Waals surface area contributed by atoms with Gasteiger partial charge in [-0.1, -0.05) is 42.5 Å². The fraction of sp³-hybridized carbons (Fsp3) is 0.458. The van der Waals surface area contributed by atoms with E-state index >= 15 is 0 Å². The number of rotatable bonds is 9. The SMILES string of the molecule is CCNC(=NCc1ccccc1OCCN1CCOCC1)NCc1ccccc1C. The number of aliphatic imine (C=N–C) groups is 1. The van der Waals surface area contributed by atoms with Crippen molar-refractivity contribution in [1.82, 2.24) is 15.5 Å². The van der Waals surface area contributed by atoms with Crippen LogP contribution in [0.1, 0.15) is 23.6 Å². The van der Waals surface area contributed by atoms with E-state index in [-0.39, 0.29) is 0 Å². The summed E-state index contributed by atoms with van der Waals surface area (Å²) in [6.07, 6.45) is 0. The van der Waals surface area contributed by atoms with Gasteiger partial charge in [0.05, 0.1) is 19.8 Å². The first-order valence-corrected chi connectivity index (χ1v) is 10.8. The average Bonchev–Trinajstić information content (AvgIpc) is 2.78. The molecule has 1 heterocycles. The summed E-state index contributed by atoms with van der Waals surface area (Å²) < 4.78 is 11.5. The molecule has 30 heavy (non-hydrogen) atoms. The summed E-state index contributed by atoms with van der Waals surface area (Å²) in [4.78, 5) is 7.15. The Labute approximate surface area is 180 Å². The maximum Gasteiger partial charge on any atom is 0.191 e. The zero-order valence-electron chi connectivity index (χ0n) is 18.2. The molecular weight excluding hydrogens is 376 g/mol. The van der Waals surface area contributed by atoms with Crippen molar-refractivity contribution in [1.29, 1.82) is 0 Å². The van der Waals surface area contributed by atoms with Crippen LogP contribution in [0.15, 0.2) is 53.5 Å². The van der Waals surface area contributed by atoms with Crippen LogP contribution < -0.4 is 15.4 Å². The monoisotopic (exact) mass is 410 g/mol. The minimum absolute atomic E-state index is 0.566. The highest BCUT2D eigenvalue weighted by atomic mass is 16.5. The van der Waals surface area contributed by atoms with Gasteiger partial charge in [0.25, 0.3) is 0 Å². The summed E-state index contributed by atoms with van der Waals surface area (Å²) in [7, 11) is 0. The minimum atomic E-state index is 0.566. The van der Waals surface area contributed by atoms with Crippen molar-refractivity contribution in [2.24, 2.45) is 4.99 Å². The molecule has 2 N–H and O–H groups in total. The third kappa shape index (κ3) is 7.04. The molecule has 0 aliphatic carbocycles. The van der Waals surface area contributed by atoms with Crippen LogP contribution in [-0.4, -0.2) is 56.9 Å². The van der Waals surface area contributed by atoms with Crippen LogP contribution >= 0.6 is 0 Å². The number of ether oxygens (including phenoxy) is 2. The van der Waals surface area contributed by atoms with E-state index in [2.05, 4.69) is 59.7 Å². The van der Waals surface area contributed by atoms with Crippen molar-refractivity contribution in [2.75, 3.05) is 46.0 Å². The van der Waals surface area contributed by atoms with Gasteiger partial charge in [-0.05, 0) is 31.0 Å². The Bertz CT molecular complexity index is 803. The summed E-state index contributed by atoms with van der Waals surface area (Å²) >= 11 is 0. The Morgan fingerprint density at radius 1 is 1.03 bits per heavy atom. The molecule has 6 heteroatoms. The average molecular weight is 411 g/mol. The number of benzene rings is 2. The lowest BCUT2D eigenvalue weighted by Crippen LogP contribution is -2.38. The summed E-state index contributed by atoms with van der Waals surface area (Å²) in [5, 5.41) is 6.76. The van der Waals surface area contributed by atoms with Crippen molar-refractivity contribution in [2.45, 2.75) is 26.9 Å². The van der Waals surface area contributed by atoms with Gasteiger partial charge in [0.2, 0.25) is 0 Å². The predicted octanol–water partition coefficient (Wildman–Crippen LogP) is 2.96. The van der Waals surface area contributed by atoms with E-state index in [1.165, 1.54) is 11.1 Å². The number of aryl methyl sites for hydroxylation is 1. The number of hydrogen-bond donors (Lipinski definition) is 2. The molecule has 0 atom stereocenters. The molecule has 1 saturated heterocycles. The molecular formula is C24H34N4O2. The Kier molecular flexibility index (Phi) is 9.00. The molecule has 0 saturated carbocycles. The summed E-state index contributed by atoms with van der Waals surface area (Å²) in [6, 6.07) is 16.6. The molecule has 0 aromatic heterocycles. The molecule has 2 aromatic rings. The van der Waals surface area contributed by atoms with Gasteiger partial charge >= 0.3 is 0 Å². The van der Waals surface area contributed by atoms with Crippen molar-refractivity contribution >= 4 is 5.96 Å². The Balaban J connectivity index is 1.56. The second kappa shape index (κ2) is 12.2. The van der Waals surface area contributed by atoms with Gasteiger partial charge < -0.3 is 20.1 Å². The second-order valence-electron chi connectivity index (χ2n) is 7.39. The highest BCUT2D eigenvalue weighted by Gasteiger charge is 2.10. The second-order valence-corrected chi connectivity index (χ2v) is 7.39. The lowest BCUT2D eigenvalue weighted by Gasteiger charge is -2.26. The third-order valence-corrected chi connectivity index (χ3v) is 5.20. The van der Waals surface area contributed by atoms with E-state index in [1.807, 2.05) is 18.2 Å². The summed E-state index contributed by atoms with van der Waals surface area (Å²) in [5.41, 5.74) is 3.64. The van der Waals surface area contributed by atoms with Crippen LogP contribution in [0.2, 0.25) is 0 Å². The van der Waals surface area contributed by atoms with E-state index in [4.69, 9.17) is 14.5 Å². The summed E-state index contributed by atoms with van der Waals surface area (Å²) in [5.74, 6) is 1.72. The maximum absolute atomic E-state index is 6.08. The van der Waals surface area contributed by atoms with Crippen molar-refractivity contribution in [3.05, 3.63) is 65.2 Å². The molecule has 0 spiro atoms. The van der Waals surface area contributed by atoms with E-state index < -0.39 is 0 Å². The number of hydrogen-bond acceptors (Lipinski definition) is 4. The van der Waals surface area contributed by atoms with Crippen LogP contribution in [0.25, 0.3) is 0 Å². The Morgan fingerprint density at radius 3 is 2.53 bits per heavy atom. The molecule has 6 nitrogen and oxygen atoms in total. The number of morpholine rings is 1. The molecule has 0 amide bonds. The van der Waals surface area contributed by atoms with Gasteiger partial charge in [-0.15, -0.1) is 0 Å². The standard InChI is InChI=1S/C24H34N4O2/c1-3-25-24(26-18-21-9-5-4-8-20(21)2)27-19-22-10-6-7-11-23(22)30-17-14-28-12-15-29-16-13-28/h4-11H,3,12-19H2,1-2H3,(H2,25,26,27). The van der Waals surface area contributed by atoms with Crippen LogP contribution in [0.5, 0.6) is 5.75 Å². The quantitative estimate of drug-likeness (QED) is 0.492. The van der Waals surface area contributed by atoms with Crippen molar-refractivity contribution < 1.29 is 9.47 Å². The molecule has 3 rings (SSSR count). The first kappa shape index (κ1) is 22.1. The third-order valence-electron chi connectivity index (χ3n) is 5.20. The van der Waals surface area contributed by atoms with E-state index in [0.29, 0.717) is 13.2 Å². The maximum atomic E-state index is 6.08. The lowest BCUT2D eigenvalue weighted by molar-refractivity contribution is 0.0322. The van der Waals surface area contributed by atoms with Gasteiger partial charge in [0.15, 0.2) is 5.96 Å². The molecule has 0 unspecified atom stereocenters. The Morgan fingerprint density at radius 2 is 1.77 bits per heavy atom. The number of nitrogens with zero attached hydrogens (tertiary/aromatic N) is 2. The highest BCUT2D eigenvalue weighted by Crippen LogP contribution is 2.19. The zero-order chi connectivity index (χ0) is 21.0. The van der Waals surface area contributed by atoms with Gasteiger partial charge in [-0.2, -0.15) is 0 Å². The fourth-order valence-corrected chi connectivity index (χ4v) is 3.38. The molecule has 1 aliphatic rings. The number of nitrogens with one attached hydrogen (secondary N) is 2. The lowest BCUT2D eigenvalue weighted by atomic mass is 10.1. The molecule has 1 fully saturated rings. The predicted molar refractivity (Wildman–Crippen MR) is 122 cm³/mol. The first-order chi connectivity index (χ1) is 14.8. The van der Waals surface area contributed by atoms with E-state index in [0.717, 1.165) is 63.2 Å². The number of guanidine groups is 1. The van der Waals surface area contributed by atoms with Gasteiger partial charge in [-0.3, -0.25) is 4.90 Å². The van der Waals surface area contributed by atoms with Crippen LogP contribution in [0.3, 0.4) is 0 Å². The first-order valence-electron chi connectivity index (χ1n) is 10.8. The van der Waals surface area contributed by atoms with Gasteiger partial charge in [0.1, 0.15) is 12.4 Å². The molecule has 0 bridgehead atoms. The topological polar surface area (TPSA) is 58.1 Å². The van der Waals surface area contributed by atoms with E-state index in [9.17, 15) is 0 Å². The molecule has 2 aromatic carbocycles. The minimum Gasteiger partial charge on any atom is -0.492 e. The zero-order valence-corrected chi connectivity index (χ0v) is 18.2. The smallest absolute Gasteiger partial charge is 0.191 e. The van der Waals surface area contributed by atoms with Crippen molar-refractivity contribution in [3.63, 3.8) is 0 Å². The van der Waals surface area contributed by atoms with Crippen LogP contribution in [0.4, 0.5) is 0 Å². The van der Waals surface area contributed by atoms with Crippen LogP contribution in [0, 0.1) is 6.92 Å². The number of para-hydroxylation sites is 1. The van der Waals surface area contributed by atoms with Gasteiger partial charge in [0, 0.05) is 38.3 Å². The normalized spacial score (nSPS) is 15.1. The summed E-state index contributed by atoms with van der Waals surface area (Å²) in [6.45, 7) is 11.5. The molecule has 1 aliphatic heterocycles. The van der Waals surface area contributed by atoms with E-state index in [1.54, 1.807) is 0 Å². The largest absolute Gasteiger partial charge is 0.492 e.